The summed E-state index contributed by atoms with van der Waals surface area (Å²) in [6.07, 6.45) is 0.789. The third-order valence-corrected chi connectivity index (χ3v) is 4.68. The number of ether oxygens (including phenoxy) is 1. The van der Waals surface area contributed by atoms with E-state index in [4.69, 9.17) is 10.5 Å². The molecular formula is C22H36N2O3. The van der Waals surface area contributed by atoms with Crippen LogP contribution in [0.4, 0.5) is 0 Å². The average Bonchev–Trinajstić information content (AvgIpc) is 2.58. The molecule has 1 amide bonds. The molecule has 1 aromatic rings. The molecule has 1 aromatic carbocycles. The van der Waals surface area contributed by atoms with Crippen LogP contribution in [0.25, 0.3) is 0 Å². The summed E-state index contributed by atoms with van der Waals surface area (Å²) >= 11 is 0. The van der Waals surface area contributed by atoms with Crippen molar-refractivity contribution >= 4 is 11.9 Å². The molecule has 0 aliphatic heterocycles. The largest absolute Gasteiger partial charge is 0.426 e. The number of benzene rings is 1. The van der Waals surface area contributed by atoms with Crippen LogP contribution in [-0.4, -0.2) is 24.5 Å². The van der Waals surface area contributed by atoms with Crippen LogP contribution in [0.3, 0.4) is 0 Å². The van der Waals surface area contributed by atoms with Crippen LogP contribution >= 0.6 is 0 Å². The van der Waals surface area contributed by atoms with Gasteiger partial charge in [-0.2, -0.15) is 0 Å². The van der Waals surface area contributed by atoms with Gasteiger partial charge in [-0.25, -0.2) is 0 Å². The lowest BCUT2D eigenvalue weighted by Gasteiger charge is -2.26. The zero-order chi connectivity index (χ0) is 20.8. The molecule has 0 saturated carbocycles. The molecule has 0 radical (unpaired) electrons. The SMILES string of the molecule is CC[C@H](N)C(=O)NCC(C)(C)CC(=O)Oc1c(C(C)C)cccc1C(C)C. The van der Waals surface area contributed by atoms with Crippen molar-refractivity contribution in [3.8, 4) is 5.75 Å². The zero-order valence-corrected chi connectivity index (χ0v) is 17.9. The Morgan fingerprint density at radius 3 is 2.07 bits per heavy atom. The predicted octanol–water partition coefficient (Wildman–Crippen LogP) is 4.11. The van der Waals surface area contributed by atoms with Crippen molar-refractivity contribution < 1.29 is 14.3 Å². The van der Waals surface area contributed by atoms with Crippen molar-refractivity contribution in [2.24, 2.45) is 11.1 Å². The van der Waals surface area contributed by atoms with Gasteiger partial charge >= 0.3 is 5.97 Å². The second-order valence-electron chi connectivity index (χ2n) is 8.62. The molecule has 0 aromatic heterocycles. The van der Waals surface area contributed by atoms with E-state index < -0.39 is 11.5 Å². The Hall–Kier alpha value is -1.88. The van der Waals surface area contributed by atoms with Gasteiger partial charge in [0.25, 0.3) is 0 Å². The van der Waals surface area contributed by atoms with Crippen LogP contribution in [0.15, 0.2) is 18.2 Å². The van der Waals surface area contributed by atoms with Gasteiger partial charge in [-0.1, -0.05) is 66.7 Å². The summed E-state index contributed by atoms with van der Waals surface area (Å²) in [6.45, 7) is 14.5. The standard InChI is InChI=1S/C22H36N2O3/c1-8-18(23)21(26)24-13-22(6,7)12-19(25)27-20-16(14(2)3)10-9-11-17(20)15(4)5/h9-11,14-15,18H,8,12-13,23H2,1-7H3,(H,24,26)/t18-/m0/s1. The highest BCUT2D eigenvalue weighted by Gasteiger charge is 2.26. The lowest BCUT2D eigenvalue weighted by molar-refractivity contribution is -0.137. The lowest BCUT2D eigenvalue weighted by Crippen LogP contribution is -2.44. The quantitative estimate of drug-likeness (QED) is 0.502. The van der Waals surface area contributed by atoms with Crippen LogP contribution < -0.4 is 15.8 Å². The Bertz CT molecular complexity index is 625. The first-order valence-electron chi connectivity index (χ1n) is 9.85. The maximum absolute atomic E-state index is 12.7. The minimum atomic E-state index is -0.515. The number of carbonyl (C=O) groups is 2. The van der Waals surface area contributed by atoms with E-state index >= 15 is 0 Å². The fraction of sp³-hybridized carbons (Fsp3) is 0.636. The summed E-state index contributed by atoms with van der Waals surface area (Å²) in [5.74, 6) is 0.722. The van der Waals surface area contributed by atoms with Gasteiger partial charge in [-0.3, -0.25) is 9.59 Å². The first kappa shape index (κ1) is 23.2. The maximum Gasteiger partial charge on any atom is 0.311 e. The highest BCUT2D eigenvalue weighted by Crippen LogP contribution is 2.35. The van der Waals surface area contributed by atoms with Crippen LogP contribution in [0, 0.1) is 5.41 Å². The molecule has 27 heavy (non-hydrogen) atoms. The van der Waals surface area contributed by atoms with E-state index in [2.05, 4.69) is 33.0 Å². The fourth-order valence-electron chi connectivity index (χ4n) is 2.85. The smallest absolute Gasteiger partial charge is 0.311 e. The summed E-state index contributed by atoms with van der Waals surface area (Å²) in [5, 5.41) is 2.83. The topological polar surface area (TPSA) is 81.4 Å². The molecule has 0 saturated heterocycles. The predicted molar refractivity (Wildman–Crippen MR) is 110 cm³/mol. The molecule has 3 N–H and O–H groups in total. The minimum absolute atomic E-state index is 0.189. The first-order valence-corrected chi connectivity index (χ1v) is 9.85. The monoisotopic (exact) mass is 376 g/mol. The molecular weight excluding hydrogens is 340 g/mol. The number of nitrogens with one attached hydrogen (secondary N) is 1. The number of amides is 1. The third-order valence-electron chi connectivity index (χ3n) is 4.68. The van der Waals surface area contributed by atoms with Crippen LogP contribution in [0.5, 0.6) is 5.75 Å². The lowest BCUT2D eigenvalue weighted by atomic mass is 9.89. The molecule has 152 valence electrons. The molecule has 1 atom stereocenters. The Morgan fingerprint density at radius 2 is 1.63 bits per heavy atom. The van der Waals surface area contributed by atoms with Crippen LogP contribution in [0.1, 0.15) is 84.3 Å². The molecule has 5 nitrogen and oxygen atoms in total. The molecule has 0 aliphatic carbocycles. The van der Waals surface area contributed by atoms with Crippen molar-refractivity contribution in [1.82, 2.24) is 5.32 Å². The summed E-state index contributed by atoms with van der Waals surface area (Å²) in [6, 6.07) is 5.52. The Morgan fingerprint density at radius 1 is 1.11 bits per heavy atom. The van der Waals surface area contributed by atoms with Gasteiger partial charge in [-0.15, -0.1) is 0 Å². The number of rotatable bonds is 9. The Labute approximate surface area is 164 Å². The zero-order valence-electron chi connectivity index (χ0n) is 17.9. The van der Waals surface area contributed by atoms with Gasteiger partial charge in [0.1, 0.15) is 5.75 Å². The number of hydrogen-bond donors (Lipinski definition) is 2. The normalized spacial score (nSPS) is 13.0. The summed E-state index contributed by atoms with van der Waals surface area (Å²) in [7, 11) is 0. The number of hydrogen-bond acceptors (Lipinski definition) is 4. The number of esters is 1. The van der Waals surface area contributed by atoms with Gasteiger partial charge in [0.2, 0.25) is 5.91 Å². The molecule has 0 bridgehead atoms. The van der Waals surface area contributed by atoms with Gasteiger partial charge in [-0.05, 0) is 34.8 Å². The molecule has 0 aliphatic rings. The number of nitrogens with two attached hydrogens (primary N) is 1. The van der Waals surface area contributed by atoms with Crippen LogP contribution in [0.2, 0.25) is 0 Å². The van der Waals surface area contributed by atoms with Gasteiger partial charge < -0.3 is 15.8 Å². The van der Waals surface area contributed by atoms with Crippen LogP contribution in [-0.2, 0) is 9.59 Å². The van der Waals surface area contributed by atoms with Crippen molar-refractivity contribution in [2.75, 3.05) is 6.54 Å². The molecule has 0 fully saturated rings. The summed E-state index contributed by atoms with van der Waals surface area (Å²) in [5.41, 5.74) is 7.38. The van der Waals surface area contributed by atoms with E-state index in [9.17, 15) is 9.59 Å². The Kier molecular flexibility index (Phi) is 8.48. The van der Waals surface area contributed by atoms with Gasteiger partial charge in [0.05, 0.1) is 12.5 Å². The minimum Gasteiger partial charge on any atom is -0.426 e. The van der Waals surface area contributed by atoms with Crippen molar-refractivity contribution in [2.45, 2.75) is 79.2 Å². The molecule has 1 rings (SSSR count). The van der Waals surface area contributed by atoms with Gasteiger partial charge in [0.15, 0.2) is 0 Å². The second kappa shape index (κ2) is 9.88. The maximum atomic E-state index is 12.7. The second-order valence-corrected chi connectivity index (χ2v) is 8.62. The van der Waals surface area contributed by atoms with Gasteiger partial charge in [0, 0.05) is 6.54 Å². The highest BCUT2D eigenvalue weighted by atomic mass is 16.5. The van der Waals surface area contributed by atoms with Crippen molar-refractivity contribution in [3.05, 3.63) is 29.3 Å². The van der Waals surface area contributed by atoms with E-state index in [0.29, 0.717) is 18.7 Å². The Balaban J connectivity index is 2.86. The van der Waals surface area contributed by atoms with E-state index in [1.165, 1.54) is 0 Å². The average molecular weight is 377 g/mol. The molecule has 0 spiro atoms. The first-order chi connectivity index (χ1) is 12.5. The summed E-state index contributed by atoms with van der Waals surface area (Å²) < 4.78 is 5.83. The number of carbonyl (C=O) groups excluding carboxylic acids is 2. The number of para-hydroxylation sites is 1. The molecule has 5 heteroatoms. The highest BCUT2D eigenvalue weighted by molar-refractivity contribution is 5.81. The fourth-order valence-corrected chi connectivity index (χ4v) is 2.85. The third kappa shape index (κ3) is 6.98. The van der Waals surface area contributed by atoms with E-state index in [-0.39, 0.29) is 30.1 Å². The van der Waals surface area contributed by atoms with E-state index in [0.717, 1.165) is 11.1 Å². The molecule has 0 unspecified atom stereocenters. The van der Waals surface area contributed by atoms with Crippen molar-refractivity contribution in [3.63, 3.8) is 0 Å². The summed E-state index contributed by atoms with van der Waals surface area (Å²) in [4.78, 5) is 24.5. The molecule has 0 heterocycles. The van der Waals surface area contributed by atoms with Crippen molar-refractivity contribution in [1.29, 1.82) is 0 Å². The van der Waals surface area contributed by atoms with E-state index in [1.807, 2.05) is 39.0 Å². The van der Waals surface area contributed by atoms with E-state index in [1.54, 1.807) is 0 Å².